The number of hydrogen-bond acceptors (Lipinski definition) is 5. The molecule has 0 bridgehead atoms. The fourth-order valence-corrected chi connectivity index (χ4v) is 3.19. The van der Waals surface area contributed by atoms with E-state index in [0.717, 1.165) is 10.5 Å². The van der Waals surface area contributed by atoms with Gasteiger partial charge in [-0.2, -0.15) is 13.2 Å². The van der Waals surface area contributed by atoms with Gasteiger partial charge in [-0.25, -0.2) is 15.0 Å². The molecule has 1 fully saturated rings. The second kappa shape index (κ2) is 7.15. The molecule has 0 amide bonds. The Bertz CT molecular complexity index is 714. The zero-order valence-corrected chi connectivity index (χ0v) is 15.1. The van der Waals surface area contributed by atoms with Crippen molar-refractivity contribution in [1.29, 1.82) is 0 Å². The normalized spacial score (nSPS) is 16.1. The molecule has 2 aromatic heterocycles. The molecule has 1 aliphatic heterocycles. The van der Waals surface area contributed by atoms with E-state index < -0.39 is 11.7 Å². The van der Waals surface area contributed by atoms with Crippen molar-refractivity contribution in [1.82, 2.24) is 15.0 Å². The summed E-state index contributed by atoms with van der Waals surface area (Å²) in [6, 6.07) is 2.57. The first-order valence-electron chi connectivity index (χ1n) is 7.84. The Labute approximate surface area is 152 Å². The van der Waals surface area contributed by atoms with Crippen LogP contribution in [0.5, 0.6) is 0 Å². The summed E-state index contributed by atoms with van der Waals surface area (Å²) < 4.78 is 40.3. The van der Waals surface area contributed by atoms with E-state index in [2.05, 4.69) is 30.9 Å². The van der Waals surface area contributed by atoms with Crippen LogP contribution in [0.25, 0.3) is 0 Å². The third kappa shape index (κ3) is 4.02. The fourth-order valence-electron chi connectivity index (χ4n) is 2.99. The van der Waals surface area contributed by atoms with Crippen molar-refractivity contribution >= 4 is 27.7 Å². The lowest BCUT2D eigenvalue weighted by atomic mass is 10.0. The van der Waals surface area contributed by atoms with Crippen molar-refractivity contribution in [2.45, 2.75) is 25.1 Å². The van der Waals surface area contributed by atoms with Gasteiger partial charge in [-0.05, 0) is 40.9 Å². The van der Waals surface area contributed by atoms with Crippen molar-refractivity contribution in [3.8, 4) is 0 Å². The van der Waals surface area contributed by atoms with Crippen LogP contribution in [0, 0.1) is 0 Å². The maximum atomic E-state index is 13.2. The summed E-state index contributed by atoms with van der Waals surface area (Å²) in [7, 11) is 1.91. The first-order valence-corrected chi connectivity index (χ1v) is 8.63. The summed E-state index contributed by atoms with van der Waals surface area (Å²) in [5.74, 6) is 0.617. The third-order valence-electron chi connectivity index (χ3n) is 4.33. The second-order valence-electron chi connectivity index (χ2n) is 5.90. The van der Waals surface area contributed by atoms with Crippen LogP contribution >= 0.6 is 15.9 Å². The average molecular weight is 416 g/mol. The van der Waals surface area contributed by atoms with E-state index in [4.69, 9.17) is 0 Å². The molecule has 0 N–H and O–H groups in total. The zero-order valence-electron chi connectivity index (χ0n) is 13.5. The number of aromatic nitrogens is 3. The number of halogens is 4. The van der Waals surface area contributed by atoms with Gasteiger partial charge in [0.25, 0.3) is 0 Å². The standard InChI is InChI=1S/C16H17BrF3N5/c1-24(15-22-9-11(17)10-23-15)12-4-7-25(8-5-12)14-13(16(18,19)20)3-2-6-21-14/h2-3,6,9-10,12H,4-5,7-8H2,1H3. The second-order valence-corrected chi connectivity index (χ2v) is 6.82. The van der Waals surface area contributed by atoms with Crippen LogP contribution < -0.4 is 9.80 Å². The molecular weight excluding hydrogens is 399 g/mol. The van der Waals surface area contributed by atoms with E-state index in [0.29, 0.717) is 31.9 Å². The molecule has 3 rings (SSSR count). The van der Waals surface area contributed by atoms with Gasteiger partial charge in [-0.1, -0.05) is 0 Å². The van der Waals surface area contributed by atoms with Gasteiger partial charge in [0, 0.05) is 44.8 Å². The lowest BCUT2D eigenvalue weighted by Gasteiger charge is -2.37. The lowest BCUT2D eigenvalue weighted by Crippen LogP contribution is -2.44. The highest BCUT2D eigenvalue weighted by Crippen LogP contribution is 2.36. The predicted octanol–water partition coefficient (Wildman–Crippen LogP) is 3.76. The van der Waals surface area contributed by atoms with E-state index in [-0.39, 0.29) is 11.9 Å². The van der Waals surface area contributed by atoms with Gasteiger partial charge < -0.3 is 9.80 Å². The molecule has 0 radical (unpaired) electrons. The number of rotatable bonds is 3. The molecule has 0 unspecified atom stereocenters. The van der Waals surface area contributed by atoms with Crippen LogP contribution in [0.3, 0.4) is 0 Å². The minimum absolute atomic E-state index is 0.0102. The first-order chi connectivity index (χ1) is 11.9. The quantitative estimate of drug-likeness (QED) is 0.763. The Kier molecular flexibility index (Phi) is 5.12. The Balaban J connectivity index is 1.69. The first kappa shape index (κ1) is 17.9. The maximum Gasteiger partial charge on any atom is 0.419 e. The largest absolute Gasteiger partial charge is 0.419 e. The van der Waals surface area contributed by atoms with Crippen LogP contribution in [-0.4, -0.2) is 41.1 Å². The Morgan fingerprint density at radius 1 is 1.16 bits per heavy atom. The number of piperidine rings is 1. The average Bonchev–Trinajstić information content (AvgIpc) is 2.61. The molecule has 0 aliphatic carbocycles. The molecule has 0 spiro atoms. The number of hydrogen-bond donors (Lipinski definition) is 0. The number of nitrogens with zero attached hydrogens (tertiary/aromatic N) is 5. The minimum atomic E-state index is -4.40. The summed E-state index contributed by atoms with van der Waals surface area (Å²) in [6.07, 6.45) is 1.78. The van der Waals surface area contributed by atoms with Gasteiger partial charge in [0.1, 0.15) is 5.82 Å². The molecule has 1 aliphatic rings. The minimum Gasteiger partial charge on any atom is -0.356 e. The summed E-state index contributed by atoms with van der Waals surface area (Å²) in [5.41, 5.74) is -0.682. The van der Waals surface area contributed by atoms with Gasteiger partial charge in [0.05, 0.1) is 10.0 Å². The maximum absolute atomic E-state index is 13.2. The number of anilines is 2. The molecule has 25 heavy (non-hydrogen) atoms. The van der Waals surface area contributed by atoms with Crippen LogP contribution in [0.15, 0.2) is 35.2 Å². The Morgan fingerprint density at radius 2 is 1.80 bits per heavy atom. The lowest BCUT2D eigenvalue weighted by molar-refractivity contribution is -0.137. The van der Waals surface area contributed by atoms with E-state index >= 15 is 0 Å². The number of pyridine rings is 1. The summed E-state index contributed by atoms with van der Waals surface area (Å²) in [6.45, 7) is 1.01. The Hall–Kier alpha value is -1.90. The van der Waals surface area contributed by atoms with E-state index in [1.54, 1.807) is 17.3 Å². The van der Waals surface area contributed by atoms with Gasteiger partial charge in [0.15, 0.2) is 0 Å². The van der Waals surface area contributed by atoms with Gasteiger partial charge in [-0.15, -0.1) is 0 Å². The molecule has 1 saturated heterocycles. The van der Waals surface area contributed by atoms with Crippen LogP contribution in [0.2, 0.25) is 0 Å². The summed E-state index contributed by atoms with van der Waals surface area (Å²) >= 11 is 3.30. The van der Waals surface area contributed by atoms with E-state index in [1.807, 2.05) is 11.9 Å². The monoisotopic (exact) mass is 415 g/mol. The molecule has 0 atom stereocenters. The highest BCUT2D eigenvalue weighted by molar-refractivity contribution is 9.10. The third-order valence-corrected chi connectivity index (χ3v) is 4.74. The van der Waals surface area contributed by atoms with Crippen molar-refractivity contribution in [2.24, 2.45) is 0 Å². The van der Waals surface area contributed by atoms with Crippen molar-refractivity contribution in [3.05, 3.63) is 40.8 Å². The fraction of sp³-hybridized carbons (Fsp3) is 0.438. The molecule has 3 heterocycles. The zero-order chi connectivity index (χ0) is 18.0. The van der Waals surface area contributed by atoms with Crippen LogP contribution in [0.1, 0.15) is 18.4 Å². The molecule has 0 saturated carbocycles. The predicted molar refractivity (Wildman–Crippen MR) is 92.6 cm³/mol. The summed E-state index contributed by atoms with van der Waals surface area (Å²) in [4.78, 5) is 16.2. The van der Waals surface area contributed by atoms with Gasteiger partial charge in [0.2, 0.25) is 5.95 Å². The SMILES string of the molecule is CN(c1ncc(Br)cn1)C1CCN(c2ncccc2C(F)(F)F)CC1. The van der Waals surface area contributed by atoms with Crippen molar-refractivity contribution in [3.63, 3.8) is 0 Å². The van der Waals surface area contributed by atoms with E-state index in [1.165, 1.54) is 12.3 Å². The van der Waals surface area contributed by atoms with Gasteiger partial charge >= 0.3 is 6.18 Å². The van der Waals surface area contributed by atoms with Crippen molar-refractivity contribution < 1.29 is 13.2 Å². The molecule has 0 aromatic carbocycles. The van der Waals surface area contributed by atoms with E-state index in [9.17, 15) is 13.2 Å². The molecular formula is C16H17BrF3N5. The Morgan fingerprint density at radius 3 is 2.40 bits per heavy atom. The smallest absolute Gasteiger partial charge is 0.356 e. The molecule has 9 heteroatoms. The van der Waals surface area contributed by atoms with Gasteiger partial charge in [-0.3, -0.25) is 0 Å². The highest BCUT2D eigenvalue weighted by atomic mass is 79.9. The highest BCUT2D eigenvalue weighted by Gasteiger charge is 2.36. The molecule has 5 nitrogen and oxygen atoms in total. The number of alkyl halides is 3. The molecule has 134 valence electrons. The van der Waals surface area contributed by atoms with Crippen LogP contribution in [0.4, 0.5) is 24.9 Å². The van der Waals surface area contributed by atoms with Crippen molar-refractivity contribution in [2.75, 3.05) is 29.9 Å². The summed E-state index contributed by atoms with van der Waals surface area (Å²) in [5, 5.41) is 0. The molecule has 2 aromatic rings. The topological polar surface area (TPSA) is 45.2 Å². The van der Waals surface area contributed by atoms with Crippen LogP contribution in [-0.2, 0) is 6.18 Å².